The number of benzene rings is 1. The van der Waals surface area contributed by atoms with E-state index in [-0.39, 0.29) is 0 Å². The Morgan fingerprint density at radius 3 is 2.67 bits per heavy atom. The maximum absolute atomic E-state index is 8.54. The summed E-state index contributed by atoms with van der Waals surface area (Å²) in [7, 11) is 0. The Bertz CT molecular complexity index is 429. The van der Waals surface area contributed by atoms with E-state index in [1.165, 1.54) is 5.56 Å². The average Bonchev–Trinajstić information content (AvgIpc) is 2.80. The van der Waals surface area contributed by atoms with Crippen LogP contribution < -0.4 is 0 Å². The first-order chi connectivity index (χ1) is 7.40. The molecule has 0 unspecified atom stereocenters. The summed E-state index contributed by atoms with van der Waals surface area (Å²) in [5.74, 6) is 0. The Hall–Kier alpha value is -2.03. The molecule has 0 fully saturated rings. The molecule has 1 aromatic carbocycles. The van der Waals surface area contributed by atoms with Crippen LogP contribution in [0, 0.1) is 0 Å². The Labute approximate surface area is 88.3 Å². The smallest absolute Gasteiger partial charge is 0.0991 e. The predicted molar refractivity (Wildman–Crippen MR) is 59.0 cm³/mol. The maximum Gasteiger partial charge on any atom is 0.0991 e. The summed E-state index contributed by atoms with van der Waals surface area (Å²) >= 11 is 0. The molecule has 0 aliphatic heterocycles. The van der Waals surface area contributed by atoms with Crippen molar-refractivity contribution < 1.29 is 5.11 Å². The predicted octanol–water partition coefficient (Wildman–Crippen LogP) is 2.49. The van der Waals surface area contributed by atoms with Gasteiger partial charge in [-0.05, 0) is 30.2 Å². The van der Waals surface area contributed by atoms with Gasteiger partial charge >= 0.3 is 0 Å². The molecule has 1 heterocycles. The molecule has 3 heteroatoms. The molecule has 3 nitrogen and oxygen atoms in total. The number of imidazole rings is 1. The van der Waals surface area contributed by atoms with Gasteiger partial charge in [-0.25, -0.2) is 4.98 Å². The van der Waals surface area contributed by atoms with Crippen LogP contribution in [-0.4, -0.2) is 14.7 Å². The highest BCUT2D eigenvalue weighted by molar-refractivity contribution is 5.35. The van der Waals surface area contributed by atoms with Crippen LogP contribution >= 0.6 is 0 Å². The van der Waals surface area contributed by atoms with Gasteiger partial charge in [0.15, 0.2) is 0 Å². The van der Waals surface area contributed by atoms with Gasteiger partial charge in [0.05, 0.1) is 12.6 Å². The first kappa shape index (κ1) is 9.52. The zero-order valence-corrected chi connectivity index (χ0v) is 8.24. The second-order valence-electron chi connectivity index (χ2n) is 3.23. The van der Waals surface area contributed by atoms with Crippen LogP contribution in [0.2, 0.25) is 0 Å². The van der Waals surface area contributed by atoms with Crippen molar-refractivity contribution in [3.63, 3.8) is 0 Å². The second-order valence-corrected chi connectivity index (χ2v) is 3.23. The lowest BCUT2D eigenvalue weighted by Crippen LogP contribution is -1.90. The molecule has 2 aromatic rings. The monoisotopic (exact) mass is 200 g/mol. The van der Waals surface area contributed by atoms with Crippen LogP contribution in [0.4, 0.5) is 0 Å². The van der Waals surface area contributed by atoms with E-state index in [1.54, 1.807) is 18.6 Å². The van der Waals surface area contributed by atoms with Gasteiger partial charge in [-0.3, -0.25) is 0 Å². The summed E-state index contributed by atoms with van der Waals surface area (Å²) in [5, 5.41) is 8.54. The minimum Gasteiger partial charge on any atom is -0.516 e. The molecule has 1 aromatic heterocycles. The Kier molecular flexibility index (Phi) is 2.83. The molecule has 0 aliphatic rings. The van der Waals surface area contributed by atoms with E-state index >= 15 is 0 Å². The van der Waals surface area contributed by atoms with Crippen molar-refractivity contribution in [2.75, 3.05) is 0 Å². The third-order valence-electron chi connectivity index (χ3n) is 2.20. The molecule has 0 spiro atoms. The Morgan fingerprint density at radius 2 is 2.07 bits per heavy atom. The third-order valence-corrected chi connectivity index (χ3v) is 2.20. The van der Waals surface area contributed by atoms with Gasteiger partial charge in [0.25, 0.3) is 0 Å². The average molecular weight is 200 g/mol. The SMILES string of the molecule is O/C=C/Cc1ccc(-n2ccnc2)cc1. The van der Waals surface area contributed by atoms with Gasteiger partial charge in [0.1, 0.15) is 0 Å². The molecular weight excluding hydrogens is 188 g/mol. The molecule has 0 aliphatic carbocycles. The molecule has 1 N–H and O–H groups in total. The standard InChI is InChI=1S/C12H12N2O/c15-9-1-2-11-3-5-12(6-4-11)14-8-7-13-10-14/h1,3-10,15H,2H2/b9-1+. The zero-order valence-electron chi connectivity index (χ0n) is 8.24. The lowest BCUT2D eigenvalue weighted by Gasteiger charge is -2.02. The lowest BCUT2D eigenvalue weighted by atomic mass is 10.1. The van der Waals surface area contributed by atoms with Gasteiger partial charge in [0.2, 0.25) is 0 Å². The van der Waals surface area contributed by atoms with Crippen LogP contribution in [0.25, 0.3) is 5.69 Å². The fraction of sp³-hybridized carbons (Fsp3) is 0.0833. The number of hydrogen-bond acceptors (Lipinski definition) is 2. The summed E-state index contributed by atoms with van der Waals surface area (Å²) in [6.07, 6.45) is 8.96. The van der Waals surface area contributed by atoms with E-state index in [9.17, 15) is 0 Å². The van der Waals surface area contributed by atoms with E-state index in [1.807, 2.05) is 35.0 Å². The van der Waals surface area contributed by atoms with Crippen molar-refractivity contribution in [3.8, 4) is 5.69 Å². The molecule has 0 amide bonds. The zero-order chi connectivity index (χ0) is 10.5. The van der Waals surface area contributed by atoms with Gasteiger partial charge in [-0.2, -0.15) is 0 Å². The van der Waals surface area contributed by atoms with E-state index in [4.69, 9.17) is 5.11 Å². The molecule has 0 radical (unpaired) electrons. The number of nitrogens with zero attached hydrogens (tertiary/aromatic N) is 2. The first-order valence-electron chi connectivity index (χ1n) is 4.76. The van der Waals surface area contributed by atoms with E-state index in [2.05, 4.69) is 4.98 Å². The molecule has 15 heavy (non-hydrogen) atoms. The van der Waals surface area contributed by atoms with Crippen LogP contribution in [-0.2, 0) is 6.42 Å². The van der Waals surface area contributed by atoms with E-state index in [0.717, 1.165) is 18.4 Å². The summed E-state index contributed by atoms with van der Waals surface area (Å²) in [6.45, 7) is 0. The minimum absolute atomic E-state index is 0.751. The normalized spacial score (nSPS) is 10.9. The molecule has 0 saturated heterocycles. The molecule has 0 saturated carbocycles. The van der Waals surface area contributed by atoms with Gasteiger partial charge in [0, 0.05) is 18.1 Å². The lowest BCUT2D eigenvalue weighted by molar-refractivity contribution is 0.471. The topological polar surface area (TPSA) is 38.0 Å². The fourth-order valence-corrected chi connectivity index (χ4v) is 1.40. The second kappa shape index (κ2) is 4.46. The van der Waals surface area contributed by atoms with Crippen LogP contribution in [0.1, 0.15) is 5.56 Å². The summed E-state index contributed by atoms with van der Waals surface area (Å²) < 4.78 is 1.95. The highest BCUT2D eigenvalue weighted by Crippen LogP contribution is 2.09. The summed E-state index contributed by atoms with van der Waals surface area (Å²) in [6, 6.07) is 8.13. The van der Waals surface area contributed by atoms with Crippen LogP contribution in [0.5, 0.6) is 0 Å². The summed E-state index contributed by atoms with van der Waals surface area (Å²) in [4.78, 5) is 3.99. The minimum atomic E-state index is 0.751. The van der Waals surface area contributed by atoms with Gasteiger partial charge in [-0.1, -0.05) is 12.1 Å². The number of rotatable bonds is 3. The van der Waals surface area contributed by atoms with Crippen LogP contribution in [0.15, 0.2) is 55.3 Å². The van der Waals surface area contributed by atoms with Crippen molar-refractivity contribution >= 4 is 0 Å². The van der Waals surface area contributed by atoms with Gasteiger partial charge in [-0.15, -0.1) is 0 Å². The summed E-state index contributed by atoms with van der Waals surface area (Å²) in [5.41, 5.74) is 2.26. The maximum atomic E-state index is 8.54. The number of hydrogen-bond donors (Lipinski definition) is 1. The quantitative estimate of drug-likeness (QED) is 0.773. The third kappa shape index (κ3) is 2.26. The molecular formula is C12H12N2O. The van der Waals surface area contributed by atoms with Crippen molar-refractivity contribution in [2.24, 2.45) is 0 Å². The van der Waals surface area contributed by atoms with E-state index in [0.29, 0.717) is 0 Å². The number of aromatic nitrogens is 2. The molecule has 76 valence electrons. The highest BCUT2D eigenvalue weighted by atomic mass is 16.2. The molecule has 2 rings (SSSR count). The fourth-order valence-electron chi connectivity index (χ4n) is 1.40. The molecule has 0 bridgehead atoms. The van der Waals surface area contributed by atoms with E-state index < -0.39 is 0 Å². The van der Waals surface area contributed by atoms with Gasteiger partial charge < -0.3 is 9.67 Å². The highest BCUT2D eigenvalue weighted by Gasteiger charge is 1.94. The number of aliphatic hydroxyl groups is 1. The first-order valence-corrected chi connectivity index (χ1v) is 4.76. The van der Waals surface area contributed by atoms with Crippen molar-refractivity contribution in [3.05, 3.63) is 60.9 Å². The Balaban J connectivity index is 2.17. The van der Waals surface area contributed by atoms with Crippen molar-refractivity contribution in [1.82, 2.24) is 9.55 Å². The van der Waals surface area contributed by atoms with Crippen LogP contribution in [0.3, 0.4) is 0 Å². The largest absolute Gasteiger partial charge is 0.516 e. The molecule has 0 atom stereocenters. The van der Waals surface area contributed by atoms with Crippen molar-refractivity contribution in [1.29, 1.82) is 0 Å². The number of allylic oxidation sites excluding steroid dienone is 1. The Morgan fingerprint density at radius 1 is 1.27 bits per heavy atom. The van der Waals surface area contributed by atoms with Crippen molar-refractivity contribution in [2.45, 2.75) is 6.42 Å². The number of aliphatic hydroxyl groups excluding tert-OH is 1.